The summed E-state index contributed by atoms with van der Waals surface area (Å²) in [6.07, 6.45) is 0.584. The molecule has 4 rings (SSSR count). The van der Waals surface area contributed by atoms with Crippen molar-refractivity contribution in [3.63, 3.8) is 0 Å². The van der Waals surface area contributed by atoms with Gasteiger partial charge in [-0.05, 0) is 68.7 Å². The van der Waals surface area contributed by atoms with Gasteiger partial charge in [0.2, 0.25) is 0 Å². The number of nitrogens with one attached hydrogen (secondary N) is 1. The second-order valence-corrected chi connectivity index (χ2v) is 9.55. The minimum atomic E-state index is -0.347. The molecule has 4 aromatic rings. The molecular weight excluding hydrogens is 465 g/mol. The Morgan fingerprint density at radius 1 is 1.09 bits per heavy atom. The van der Waals surface area contributed by atoms with Gasteiger partial charge in [0.05, 0.1) is 17.1 Å². The van der Waals surface area contributed by atoms with Crippen LogP contribution in [0.3, 0.4) is 0 Å². The van der Waals surface area contributed by atoms with Crippen molar-refractivity contribution in [1.82, 2.24) is 20.0 Å². The van der Waals surface area contributed by atoms with Gasteiger partial charge in [0.15, 0.2) is 10.8 Å². The highest BCUT2D eigenvalue weighted by Crippen LogP contribution is 2.29. The standard InChI is InChI=1S/C23H21Cl2N5OS/c1-12-5-6-13(2)19(9-12)30-15(4)21(28-29-30)22(31)27-23-26-14(3)20(32-23)11-16-10-17(24)7-8-18(16)25/h5-10H,11H2,1-4H3,(H,26,27,31). The van der Waals surface area contributed by atoms with Crippen LogP contribution < -0.4 is 5.32 Å². The lowest BCUT2D eigenvalue weighted by molar-refractivity contribution is 0.102. The van der Waals surface area contributed by atoms with Gasteiger partial charge in [-0.1, -0.05) is 40.5 Å². The number of hydrogen-bond acceptors (Lipinski definition) is 5. The molecule has 2 aromatic carbocycles. The van der Waals surface area contributed by atoms with Gasteiger partial charge >= 0.3 is 0 Å². The van der Waals surface area contributed by atoms with Crippen LogP contribution in [-0.2, 0) is 6.42 Å². The van der Waals surface area contributed by atoms with Crippen molar-refractivity contribution < 1.29 is 4.79 Å². The van der Waals surface area contributed by atoms with Crippen LogP contribution in [0.4, 0.5) is 5.13 Å². The summed E-state index contributed by atoms with van der Waals surface area (Å²) in [7, 11) is 0. The highest BCUT2D eigenvalue weighted by atomic mass is 35.5. The van der Waals surface area contributed by atoms with Crippen LogP contribution in [0.5, 0.6) is 0 Å². The van der Waals surface area contributed by atoms with E-state index in [1.807, 2.05) is 52.0 Å². The van der Waals surface area contributed by atoms with Crippen molar-refractivity contribution in [1.29, 1.82) is 0 Å². The zero-order chi connectivity index (χ0) is 23.0. The maximum Gasteiger partial charge on any atom is 0.279 e. The largest absolute Gasteiger partial charge is 0.296 e. The van der Waals surface area contributed by atoms with Gasteiger partial charge in [0.1, 0.15) is 0 Å². The van der Waals surface area contributed by atoms with E-state index in [1.54, 1.807) is 16.8 Å². The predicted molar refractivity (Wildman–Crippen MR) is 130 cm³/mol. The number of carbonyl (C=O) groups excluding carboxylic acids is 1. The van der Waals surface area contributed by atoms with Crippen LogP contribution in [0, 0.1) is 27.7 Å². The van der Waals surface area contributed by atoms with E-state index in [-0.39, 0.29) is 11.6 Å². The number of amides is 1. The summed E-state index contributed by atoms with van der Waals surface area (Å²) in [5.74, 6) is -0.347. The number of rotatable bonds is 5. The van der Waals surface area contributed by atoms with Crippen LogP contribution in [-0.4, -0.2) is 25.9 Å². The summed E-state index contributed by atoms with van der Waals surface area (Å²) in [5.41, 5.74) is 5.73. The SMILES string of the molecule is Cc1ccc(C)c(-n2nnc(C(=O)Nc3nc(C)c(Cc4cc(Cl)ccc4Cl)s3)c2C)c1. The number of carbonyl (C=O) groups is 1. The topological polar surface area (TPSA) is 72.7 Å². The van der Waals surface area contributed by atoms with Gasteiger partial charge in [-0.3, -0.25) is 10.1 Å². The van der Waals surface area contributed by atoms with Gasteiger partial charge in [-0.2, -0.15) is 0 Å². The molecule has 0 fully saturated rings. The summed E-state index contributed by atoms with van der Waals surface area (Å²) in [4.78, 5) is 18.4. The van der Waals surface area contributed by atoms with Crippen LogP contribution in [0.25, 0.3) is 5.69 Å². The summed E-state index contributed by atoms with van der Waals surface area (Å²) >= 11 is 13.8. The third kappa shape index (κ3) is 4.55. The molecule has 0 aliphatic rings. The Hall–Kier alpha value is -2.74. The lowest BCUT2D eigenvalue weighted by atomic mass is 10.1. The molecule has 2 aromatic heterocycles. The first kappa shape index (κ1) is 22.5. The molecule has 0 aliphatic carbocycles. The second-order valence-electron chi connectivity index (χ2n) is 7.62. The molecule has 0 bridgehead atoms. The molecule has 2 heterocycles. The molecule has 164 valence electrons. The van der Waals surface area contributed by atoms with E-state index < -0.39 is 0 Å². The number of aryl methyl sites for hydroxylation is 3. The second kappa shape index (κ2) is 9.02. The van der Waals surface area contributed by atoms with E-state index in [4.69, 9.17) is 23.2 Å². The van der Waals surface area contributed by atoms with Crippen molar-refractivity contribution in [3.8, 4) is 5.69 Å². The number of thiazole rings is 1. The predicted octanol–water partition coefficient (Wildman–Crippen LogP) is 6.11. The van der Waals surface area contributed by atoms with Crippen LogP contribution in [0.1, 0.15) is 43.4 Å². The van der Waals surface area contributed by atoms with Gasteiger partial charge in [0.25, 0.3) is 5.91 Å². The monoisotopic (exact) mass is 485 g/mol. The van der Waals surface area contributed by atoms with Crippen LogP contribution >= 0.6 is 34.5 Å². The Morgan fingerprint density at radius 3 is 2.66 bits per heavy atom. The van der Waals surface area contributed by atoms with Gasteiger partial charge in [-0.25, -0.2) is 9.67 Å². The highest BCUT2D eigenvalue weighted by Gasteiger charge is 2.20. The minimum absolute atomic E-state index is 0.262. The lowest BCUT2D eigenvalue weighted by Crippen LogP contribution is -2.14. The number of hydrogen-bond donors (Lipinski definition) is 1. The molecule has 1 N–H and O–H groups in total. The first-order chi connectivity index (χ1) is 15.2. The number of anilines is 1. The molecule has 0 saturated carbocycles. The van der Waals surface area contributed by atoms with Gasteiger partial charge < -0.3 is 0 Å². The fourth-order valence-electron chi connectivity index (χ4n) is 3.37. The number of halogens is 2. The number of aromatic nitrogens is 4. The third-order valence-electron chi connectivity index (χ3n) is 5.17. The molecule has 0 unspecified atom stereocenters. The van der Waals surface area contributed by atoms with Crippen LogP contribution in [0.2, 0.25) is 10.0 Å². The summed E-state index contributed by atoms with van der Waals surface area (Å²) in [6.45, 7) is 7.75. The Labute approximate surface area is 200 Å². The highest BCUT2D eigenvalue weighted by molar-refractivity contribution is 7.15. The average Bonchev–Trinajstić information content (AvgIpc) is 3.28. The van der Waals surface area contributed by atoms with Crippen molar-refractivity contribution in [3.05, 3.63) is 85.1 Å². The van der Waals surface area contributed by atoms with E-state index in [1.165, 1.54) is 11.3 Å². The molecule has 0 atom stereocenters. The van der Waals surface area contributed by atoms with Crippen molar-refractivity contribution in [2.45, 2.75) is 34.1 Å². The molecule has 0 spiro atoms. The van der Waals surface area contributed by atoms with E-state index in [0.29, 0.717) is 27.3 Å². The minimum Gasteiger partial charge on any atom is -0.296 e. The number of nitrogens with zero attached hydrogens (tertiary/aromatic N) is 4. The van der Waals surface area contributed by atoms with E-state index in [2.05, 4.69) is 20.6 Å². The molecule has 0 aliphatic heterocycles. The quantitative estimate of drug-likeness (QED) is 0.370. The smallest absolute Gasteiger partial charge is 0.279 e. The van der Waals surface area contributed by atoms with Gasteiger partial charge in [0, 0.05) is 21.3 Å². The first-order valence-corrected chi connectivity index (χ1v) is 11.5. The van der Waals surface area contributed by atoms with Crippen molar-refractivity contribution >= 4 is 45.6 Å². The van der Waals surface area contributed by atoms with Gasteiger partial charge in [-0.15, -0.1) is 16.4 Å². The number of benzene rings is 2. The fraction of sp³-hybridized carbons (Fsp3) is 0.217. The van der Waals surface area contributed by atoms with Crippen LogP contribution in [0.15, 0.2) is 36.4 Å². The summed E-state index contributed by atoms with van der Waals surface area (Å²) < 4.78 is 1.69. The first-order valence-electron chi connectivity index (χ1n) is 9.94. The van der Waals surface area contributed by atoms with E-state index in [0.717, 1.165) is 32.9 Å². The Balaban J connectivity index is 1.55. The zero-order valence-electron chi connectivity index (χ0n) is 18.0. The van der Waals surface area contributed by atoms with E-state index in [9.17, 15) is 4.79 Å². The normalized spacial score (nSPS) is 11.1. The summed E-state index contributed by atoms with van der Waals surface area (Å²) in [5, 5.41) is 13.0. The average molecular weight is 486 g/mol. The molecule has 1 amide bonds. The third-order valence-corrected chi connectivity index (χ3v) is 6.85. The zero-order valence-corrected chi connectivity index (χ0v) is 20.4. The summed E-state index contributed by atoms with van der Waals surface area (Å²) in [6, 6.07) is 11.5. The Kier molecular flexibility index (Phi) is 6.33. The molecular formula is C23H21Cl2N5OS. The molecule has 32 heavy (non-hydrogen) atoms. The maximum absolute atomic E-state index is 12.9. The maximum atomic E-state index is 12.9. The van der Waals surface area contributed by atoms with E-state index >= 15 is 0 Å². The fourth-order valence-corrected chi connectivity index (χ4v) is 4.73. The molecule has 9 heteroatoms. The Bertz CT molecular complexity index is 1330. The van der Waals surface area contributed by atoms with Crippen molar-refractivity contribution in [2.75, 3.05) is 5.32 Å². The Morgan fingerprint density at radius 2 is 1.88 bits per heavy atom. The lowest BCUT2D eigenvalue weighted by Gasteiger charge is -2.08. The molecule has 6 nitrogen and oxygen atoms in total. The van der Waals surface area contributed by atoms with Crippen molar-refractivity contribution in [2.24, 2.45) is 0 Å². The molecule has 0 radical (unpaired) electrons. The molecule has 0 saturated heterocycles.